The molecule has 10 heteroatoms. The molecule has 0 aliphatic rings. The number of nitrogens with zero attached hydrogens (tertiary/aromatic N) is 4. The summed E-state index contributed by atoms with van der Waals surface area (Å²) in [5.74, 6) is -3.26. The average Bonchev–Trinajstić information content (AvgIpc) is 3.89. The minimum atomic E-state index is -0.668. The van der Waals surface area contributed by atoms with Gasteiger partial charge in [-0.2, -0.15) is 0 Å². The van der Waals surface area contributed by atoms with Crippen molar-refractivity contribution in [1.29, 1.82) is 0 Å². The number of hydrogen-bond acceptors (Lipinski definition) is 2. The Morgan fingerprint density at radius 1 is 0.220 bits per heavy atom. The second kappa shape index (κ2) is 20.3. The van der Waals surface area contributed by atoms with Gasteiger partial charge in [0, 0.05) is 67.8 Å². The van der Waals surface area contributed by atoms with E-state index < -0.39 is 23.3 Å². The van der Waals surface area contributed by atoms with E-state index in [1.807, 2.05) is 130 Å². The largest absolute Gasteiger partial charge is 0.310 e. The van der Waals surface area contributed by atoms with Gasteiger partial charge in [0.05, 0.1) is 33.4 Å². The predicted molar refractivity (Wildman–Crippen MR) is 321 cm³/mol. The van der Waals surface area contributed by atoms with Gasteiger partial charge in [-0.3, -0.25) is 0 Å². The number of anilines is 6. The van der Waals surface area contributed by atoms with E-state index in [4.69, 9.17) is 0 Å². The van der Waals surface area contributed by atoms with Gasteiger partial charge in [-0.25, -0.2) is 26.3 Å². The summed E-state index contributed by atoms with van der Waals surface area (Å²) in [6.45, 7) is 0. The molecule has 0 radical (unpaired) electrons. The third kappa shape index (κ3) is 8.87. The maximum atomic E-state index is 15.6. The van der Waals surface area contributed by atoms with Crippen LogP contribution >= 0.6 is 0 Å². The van der Waals surface area contributed by atoms with Crippen LogP contribution in [0.5, 0.6) is 0 Å². The van der Waals surface area contributed by atoms with Crippen molar-refractivity contribution in [2.75, 3.05) is 9.80 Å². The Balaban J connectivity index is 0.846. The SMILES string of the molecule is Fc1ccc(-c2ccc(N(c3ccc(-c4ccc(N(c5ccc(-c6ccc(F)cc6)cc5)c5ccc6c(c5)c5ccccc5n6-c5ccc(F)cc5F)cc4)cc3)c3ccc4c(c3)c3ccccc3n4-c3ccc(F)cc3F)cc2)cc1. The fraction of sp³-hybridized carbons (Fsp3) is 0. The monoisotopic (exact) mass is 1080 g/mol. The fourth-order valence-corrected chi connectivity index (χ4v) is 11.4. The summed E-state index contributed by atoms with van der Waals surface area (Å²) in [7, 11) is 0. The molecule has 0 bridgehead atoms. The van der Waals surface area contributed by atoms with E-state index in [9.17, 15) is 17.6 Å². The highest BCUT2D eigenvalue weighted by Crippen LogP contribution is 2.44. The predicted octanol–water partition coefficient (Wildman–Crippen LogP) is 20.7. The van der Waals surface area contributed by atoms with E-state index >= 15 is 8.78 Å². The van der Waals surface area contributed by atoms with Gasteiger partial charge in [0.25, 0.3) is 0 Å². The molecule has 0 unspecified atom stereocenters. The molecule has 0 N–H and O–H groups in total. The Morgan fingerprint density at radius 2 is 0.488 bits per heavy atom. The topological polar surface area (TPSA) is 16.3 Å². The molecule has 14 rings (SSSR count). The molecule has 0 saturated carbocycles. The molecule has 12 aromatic carbocycles. The van der Waals surface area contributed by atoms with Gasteiger partial charge in [0.2, 0.25) is 0 Å². The van der Waals surface area contributed by atoms with E-state index in [2.05, 4.69) is 70.5 Å². The molecule has 0 aliphatic heterocycles. The van der Waals surface area contributed by atoms with Crippen molar-refractivity contribution in [2.24, 2.45) is 0 Å². The Kier molecular flexibility index (Phi) is 12.3. The quantitative estimate of drug-likeness (QED) is 0.120. The van der Waals surface area contributed by atoms with Crippen LogP contribution in [0.2, 0.25) is 0 Å². The Labute approximate surface area is 467 Å². The van der Waals surface area contributed by atoms with Crippen LogP contribution in [0, 0.1) is 34.9 Å². The smallest absolute Gasteiger partial charge is 0.150 e. The van der Waals surface area contributed by atoms with Gasteiger partial charge < -0.3 is 18.9 Å². The highest BCUT2D eigenvalue weighted by Gasteiger charge is 2.22. The molecular formula is C72H44F6N4. The first-order valence-corrected chi connectivity index (χ1v) is 26.6. The minimum absolute atomic E-state index is 0.242. The van der Waals surface area contributed by atoms with Gasteiger partial charge in [-0.1, -0.05) is 109 Å². The normalized spacial score (nSPS) is 11.5. The molecule has 4 nitrogen and oxygen atoms in total. The molecule has 2 heterocycles. The van der Waals surface area contributed by atoms with Crippen LogP contribution in [0.1, 0.15) is 0 Å². The van der Waals surface area contributed by atoms with Crippen molar-refractivity contribution in [3.8, 4) is 44.8 Å². The minimum Gasteiger partial charge on any atom is -0.310 e. The third-order valence-corrected chi connectivity index (χ3v) is 15.3. The summed E-state index contributed by atoms with van der Waals surface area (Å²) in [5, 5.41) is 3.57. The number of hydrogen-bond donors (Lipinski definition) is 0. The highest BCUT2D eigenvalue weighted by atomic mass is 19.2. The zero-order chi connectivity index (χ0) is 55.6. The average molecular weight is 1080 g/mol. The van der Waals surface area contributed by atoms with Crippen LogP contribution in [0.4, 0.5) is 60.5 Å². The number of halogens is 6. The molecule has 0 amide bonds. The Bertz CT molecular complexity index is 4420. The Hall–Kier alpha value is -10.6. The van der Waals surface area contributed by atoms with E-state index in [1.165, 1.54) is 48.5 Å². The summed E-state index contributed by atoms with van der Waals surface area (Å²) in [5.41, 5.74) is 14.3. The van der Waals surface area contributed by atoms with Crippen molar-refractivity contribution >= 4 is 77.7 Å². The van der Waals surface area contributed by atoms with Crippen LogP contribution in [-0.4, -0.2) is 9.13 Å². The summed E-state index contributed by atoms with van der Waals surface area (Å²) in [6.07, 6.45) is 0. The Morgan fingerprint density at radius 3 is 0.805 bits per heavy atom. The van der Waals surface area contributed by atoms with Crippen LogP contribution in [0.3, 0.4) is 0 Å². The van der Waals surface area contributed by atoms with Gasteiger partial charge in [0.15, 0.2) is 0 Å². The van der Waals surface area contributed by atoms with Crippen LogP contribution in [-0.2, 0) is 0 Å². The van der Waals surface area contributed by atoms with Crippen molar-refractivity contribution in [3.63, 3.8) is 0 Å². The molecule has 0 aliphatic carbocycles. The van der Waals surface area contributed by atoms with Crippen molar-refractivity contribution < 1.29 is 26.3 Å². The molecule has 82 heavy (non-hydrogen) atoms. The van der Waals surface area contributed by atoms with E-state index in [0.29, 0.717) is 0 Å². The number of rotatable bonds is 11. The maximum Gasteiger partial charge on any atom is 0.150 e. The van der Waals surface area contributed by atoms with Crippen molar-refractivity contribution in [1.82, 2.24) is 9.13 Å². The lowest BCUT2D eigenvalue weighted by Crippen LogP contribution is -2.10. The van der Waals surface area contributed by atoms with Crippen LogP contribution in [0.25, 0.3) is 88.4 Å². The van der Waals surface area contributed by atoms with E-state index in [-0.39, 0.29) is 23.0 Å². The van der Waals surface area contributed by atoms with Gasteiger partial charge in [-0.05, 0) is 179 Å². The summed E-state index contributed by atoms with van der Waals surface area (Å²) in [4.78, 5) is 4.32. The molecule has 0 atom stereocenters. The summed E-state index contributed by atoms with van der Waals surface area (Å²) in [6, 6.07) is 80.7. The first-order chi connectivity index (χ1) is 40.1. The van der Waals surface area contributed by atoms with Crippen molar-refractivity contribution in [2.45, 2.75) is 0 Å². The standard InChI is InChI=1S/C72H44F6N4/c73-51-21-9-45(10-22-51)47-13-27-55(28-14-47)79(59-35-39-69-63(43-59)61-5-1-3-7-67(61)81(69)71-37-25-53(75)41-65(71)77)57-31-17-49(18-32-57)50-19-33-58(34-20-50)80(56-29-15-48(16-30-56)46-11-23-52(74)24-12-46)60-36-40-70-64(44-60)62-6-2-4-8-68(62)82(70)72-38-26-54(76)42-66(72)78/h1-44H. The number of para-hydroxylation sites is 2. The zero-order valence-electron chi connectivity index (χ0n) is 43.5. The number of aromatic nitrogens is 2. The van der Waals surface area contributed by atoms with Crippen molar-refractivity contribution in [3.05, 3.63) is 302 Å². The molecular weight excluding hydrogens is 1030 g/mol. The van der Waals surface area contributed by atoms with Gasteiger partial charge in [-0.15, -0.1) is 0 Å². The lowest BCUT2D eigenvalue weighted by molar-refractivity contribution is 0.578. The number of benzene rings is 12. The summed E-state index contributed by atoms with van der Waals surface area (Å²) >= 11 is 0. The molecule has 14 aromatic rings. The highest BCUT2D eigenvalue weighted by molar-refractivity contribution is 6.12. The third-order valence-electron chi connectivity index (χ3n) is 15.3. The second-order valence-electron chi connectivity index (χ2n) is 20.2. The molecule has 0 fully saturated rings. The van der Waals surface area contributed by atoms with E-state index in [0.717, 1.165) is 123 Å². The zero-order valence-corrected chi connectivity index (χ0v) is 43.5. The first-order valence-electron chi connectivity index (χ1n) is 26.6. The lowest BCUT2D eigenvalue weighted by Gasteiger charge is -2.27. The van der Waals surface area contributed by atoms with Gasteiger partial charge in [0.1, 0.15) is 34.9 Å². The molecule has 394 valence electrons. The van der Waals surface area contributed by atoms with Crippen LogP contribution < -0.4 is 9.80 Å². The molecule has 2 aromatic heterocycles. The van der Waals surface area contributed by atoms with Gasteiger partial charge >= 0.3 is 0 Å². The molecule has 0 saturated heterocycles. The first kappa shape index (κ1) is 49.7. The number of fused-ring (bicyclic) bond motifs is 6. The fourth-order valence-electron chi connectivity index (χ4n) is 11.4. The van der Waals surface area contributed by atoms with E-state index in [1.54, 1.807) is 24.3 Å². The summed E-state index contributed by atoms with van der Waals surface area (Å²) < 4.78 is 91.1. The maximum absolute atomic E-state index is 15.6. The second-order valence-corrected chi connectivity index (χ2v) is 20.2. The lowest BCUT2D eigenvalue weighted by atomic mass is 10.0. The molecule has 0 spiro atoms. The van der Waals surface area contributed by atoms with Crippen LogP contribution in [0.15, 0.2) is 267 Å².